The van der Waals surface area contributed by atoms with Gasteiger partial charge in [0.25, 0.3) is 0 Å². The zero-order chi connectivity index (χ0) is 27.8. The van der Waals surface area contributed by atoms with E-state index in [0.717, 1.165) is 50.4 Å². The molecular weight excluding hydrogens is 503 g/mol. The molecule has 1 aliphatic heterocycles. The number of anilines is 1. The van der Waals surface area contributed by atoms with Gasteiger partial charge in [0.2, 0.25) is 0 Å². The van der Waals surface area contributed by atoms with Crippen LogP contribution in [-0.2, 0) is 12.7 Å². The molecule has 0 saturated carbocycles. The Balaban J connectivity index is 1.53. The highest BCUT2D eigenvalue weighted by atomic mass is 19.4. The van der Waals surface area contributed by atoms with Crippen molar-refractivity contribution in [2.24, 2.45) is 0 Å². The Labute approximate surface area is 228 Å². The molecule has 4 rings (SSSR count). The molecule has 3 aromatic rings. The van der Waals surface area contributed by atoms with Gasteiger partial charge in [-0.25, -0.2) is 4.79 Å². The second-order valence-electron chi connectivity index (χ2n) is 10.1. The van der Waals surface area contributed by atoms with Gasteiger partial charge in [0.05, 0.1) is 0 Å². The molecule has 0 bridgehead atoms. The van der Waals surface area contributed by atoms with Crippen LogP contribution in [0.5, 0.6) is 11.5 Å². The summed E-state index contributed by atoms with van der Waals surface area (Å²) in [5.74, 6) is -0.0187. The predicted octanol–water partition coefficient (Wildman–Crippen LogP) is 8.18. The van der Waals surface area contributed by atoms with Gasteiger partial charge in [-0.05, 0) is 62.1 Å². The minimum atomic E-state index is -4.66. The number of hydrogen-bond donors (Lipinski definition) is 1. The van der Waals surface area contributed by atoms with E-state index in [0.29, 0.717) is 18.3 Å². The molecule has 1 N–H and O–H groups in total. The van der Waals surface area contributed by atoms with Crippen molar-refractivity contribution in [1.29, 1.82) is 0 Å². The Morgan fingerprint density at radius 3 is 2.28 bits per heavy atom. The molecule has 1 aliphatic rings. The van der Waals surface area contributed by atoms with E-state index in [1.165, 1.54) is 12.1 Å². The lowest BCUT2D eigenvalue weighted by atomic mass is 10.00. The Morgan fingerprint density at radius 1 is 1.03 bits per heavy atom. The number of benzene rings is 3. The maximum Gasteiger partial charge on any atom is 0.420 e. The van der Waals surface area contributed by atoms with Crippen LogP contribution in [-0.4, -0.2) is 41.0 Å². The molecule has 0 spiro atoms. The van der Waals surface area contributed by atoms with Gasteiger partial charge in [0.1, 0.15) is 17.1 Å². The lowest BCUT2D eigenvalue weighted by molar-refractivity contribution is -0.138. The molecular formula is C31H36F3N3O2. The summed E-state index contributed by atoms with van der Waals surface area (Å²) in [6.07, 6.45) is -0.780. The number of piperidine rings is 1. The average molecular weight is 540 g/mol. The normalized spacial score (nSPS) is 15.5. The van der Waals surface area contributed by atoms with Gasteiger partial charge < -0.3 is 19.9 Å². The van der Waals surface area contributed by atoms with Crippen LogP contribution >= 0.6 is 0 Å². The lowest BCUT2D eigenvalue weighted by Gasteiger charge is -2.40. The molecule has 208 valence electrons. The molecule has 1 unspecified atom stereocenters. The maximum atomic E-state index is 14.0. The second kappa shape index (κ2) is 13.0. The first-order valence-corrected chi connectivity index (χ1v) is 13.5. The van der Waals surface area contributed by atoms with Crippen LogP contribution in [0.2, 0.25) is 0 Å². The highest BCUT2D eigenvalue weighted by molar-refractivity contribution is 5.89. The molecule has 5 nitrogen and oxygen atoms in total. The summed E-state index contributed by atoms with van der Waals surface area (Å²) in [6, 6.07) is 21.7. The molecule has 39 heavy (non-hydrogen) atoms. The summed E-state index contributed by atoms with van der Waals surface area (Å²) in [5.41, 5.74) is 0.0915. The number of alkyl halides is 3. The van der Waals surface area contributed by atoms with E-state index in [9.17, 15) is 18.0 Å². The minimum Gasteiger partial charge on any atom is -0.457 e. The van der Waals surface area contributed by atoms with E-state index in [1.54, 1.807) is 35.2 Å². The third-order valence-corrected chi connectivity index (χ3v) is 7.23. The van der Waals surface area contributed by atoms with Crippen molar-refractivity contribution in [2.45, 2.75) is 64.3 Å². The molecule has 1 saturated heterocycles. The first kappa shape index (κ1) is 28.5. The van der Waals surface area contributed by atoms with Gasteiger partial charge in [-0.1, -0.05) is 61.9 Å². The van der Waals surface area contributed by atoms with Crippen LogP contribution in [0.15, 0.2) is 78.9 Å². The van der Waals surface area contributed by atoms with Crippen molar-refractivity contribution in [2.75, 3.05) is 18.4 Å². The molecule has 1 atom stereocenters. The monoisotopic (exact) mass is 539 g/mol. The fourth-order valence-corrected chi connectivity index (χ4v) is 5.11. The van der Waals surface area contributed by atoms with Crippen LogP contribution < -0.4 is 10.1 Å². The van der Waals surface area contributed by atoms with Crippen LogP contribution in [0.25, 0.3) is 0 Å². The van der Waals surface area contributed by atoms with Crippen LogP contribution in [0, 0.1) is 0 Å². The Kier molecular flexibility index (Phi) is 9.51. The lowest BCUT2D eigenvalue weighted by Crippen LogP contribution is -2.50. The Morgan fingerprint density at radius 2 is 1.67 bits per heavy atom. The van der Waals surface area contributed by atoms with Gasteiger partial charge in [-0.15, -0.1) is 0 Å². The number of rotatable bonds is 9. The minimum absolute atomic E-state index is 0.0157. The van der Waals surface area contributed by atoms with Crippen LogP contribution in [0.4, 0.5) is 23.7 Å². The number of para-hydroxylation sites is 1. The van der Waals surface area contributed by atoms with E-state index >= 15 is 0 Å². The second-order valence-corrected chi connectivity index (χ2v) is 10.1. The average Bonchev–Trinajstić information content (AvgIpc) is 2.93. The number of halogens is 3. The van der Waals surface area contributed by atoms with Crippen molar-refractivity contribution in [3.63, 3.8) is 0 Å². The summed E-state index contributed by atoms with van der Waals surface area (Å²) in [4.78, 5) is 17.8. The fourth-order valence-electron chi connectivity index (χ4n) is 5.11. The van der Waals surface area contributed by atoms with E-state index < -0.39 is 17.8 Å². The van der Waals surface area contributed by atoms with E-state index in [4.69, 9.17) is 4.74 Å². The topological polar surface area (TPSA) is 44.8 Å². The fraction of sp³-hybridized carbons (Fsp3) is 0.387. The first-order valence-electron chi connectivity index (χ1n) is 13.5. The SMILES string of the molecule is CCCC(C)N1CCC(N(Cc2ccccc2)C(=O)Nc2ccc(Oc3ccccc3)c(C(F)(F)F)c2)CC1. The summed E-state index contributed by atoms with van der Waals surface area (Å²) < 4.78 is 47.4. The van der Waals surface area contributed by atoms with Crippen molar-refractivity contribution < 1.29 is 22.7 Å². The van der Waals surface area contributed by atoms with Crippen molar-refractivity contribution in [3.05, 3.63) is 90.0 Å². The third-order valence-electron chi connectivity index (χ3n) is 7.23. The number of hydrogen-bond acceptors (Lipinski definition) is 3. The predicted molar refractivity (Wildman–Crippen MR) is 148 cm³/mol. The number of nitrogens with zero attached hydrogens (tertiary/aromatic N) is 2. The zero-order valence-electron chi connectivity index (χ0n) is 22.5. The molecule has 3 aromatic carbocycles. The van der Waals surface area contributed by atoms with Gasteiger partial charge in [-0.3, -0.25) is 0 Å². The standard InChI is InChI=1S/C31H36F3N3O2/c1-3-10-23(2)36-19-17-26(18-20-36)37(22-24-11-6-4-7-12-24)30(38)35-25-15-16-29(28(21-25)31(32,33)34)39-27-13-8-5-9-14-27/h4-9,11-16,21,23,26H,3,10,17-20,22H2,1-2H3,(H,35,38). The Hall–Kier alpha value is -3.52. The molecule has 0 radical (unpaired) electrons. The Bertz CT molecular complexity index is 1200. The van der Waals surface area contributed by atoms with Gasteiger partial charge in [0, 0.05) is 37.4 Å². The van der Waals surface area contributed by atoms with Crippen molar-refractivity contribution >= 4 is 11.7 Å². The molecule has 1 heterocycles. The third kappa shape index (κ3) is 7.76. The van der Waals surface area contributed by atoms with Crippen LogP contribution in [0.1, 0.15) is 50.7 Å². The molecule has 0 aromatic heterocycles. The smallest absolute Gasteiger partial charge is 0.420 e. The number of nitrogens with one attached hydrogen (secondary N) is 1. The number of carbonyl (C=O) groups is 1. The van der Waals surface area contributed by atoms with Crippen molar-refractivity contribution in [1.82, 2.24) is 9.80 Å². The number of carbonyl (C=O) groups excluding carboxylic acids is 1. The van der Waals surface area contributed by atoms with Gasteiger partial charge in [-0.2, -0.15) is 13.2 Å². The highest BCUT2D eigenvalue weighted by Gasteiger charge is 2.36. The summed E-state index contributed by atoms with van der Waals surface area (Å²) >= 11 is 0. The van der Waals surface area contributed by atoms with E-state index in [2.05, 4.69) is 24.1 Å². The highest BCUT2D eigenvalue weighted by Crippen LogP contribution is 2.40. The van der Waals surface area contributed by atoms with E-state index in [-0.39, 0.29) is 17.5 Å². The van der Waals surface area contributed by atoms with Gasteiger partial charge in [0.15, 0.2) is 0 Å². The molecule has 8 heteroatoms. The summed E-state index contributed by atoms with van der Waals surface area (Å²) in [7, 11) is 0. The van der Waals surface area contributed by atoms with E-state index in [1.807, 2.05) is 30.3 Å². The number of ether oxygens (including phenoxy) is 1. The number of urea groups is 1. The summed E-state index contributed by atoms with van der Waals surface area (Å²) in [6.45, 7) is 6.56. The molecule has 1 fully saturated rings. The first-order chi connectivity index (χ1) is 18.7. The largest absolute Gasteiger partial charge is 0.457 e. The van der Waals surface area contributed by atoms with Gasteiger partial charge >= 0.3 is 12.2 Å². The van der Waals surface area contributed by atoms with Crippen molar-refractivity contribution in [3.8, 4) is 11.5 Å². The zero-order valence-corrected chi connectivity index (χ0v) is 22.5. The number of likely N-dealkylation sites (tertiary alicyclic amines) is 1. The molecule has 0 aliphatic carbocycles. The quantitative estimate of drug-likeness (QED) is 0.298. The van der Waals surface area contributed by atoms with Crippen LogP contribution in [0.3, 0.4) is 0 Å². The summed E-state index contributed by atoms with van der Waals surface area (Å²) in [5, 5.41) is 2.74. The maximum absolute atomic E-state index is 14.0. The molecule has 2 amide bonds. The number of amides is 2.